The van der Waals surface area contributed by atoms with Gasteiger partial charge in [-0.3, -0.25) is 4.79 Å². The van der Waals surface area contributed by atoms with Gasteiger partial charge in [-0.1, -0.05) is 0 Å². The van der Waals surface area contributed by atoms with Crippen molar-refractivity contribution in [3.05, 3.63) is 0 Å². The molecule has 15 heteroatoms. The molecule has 11 atom stereocenters. The van der Waals surface area contributed by atoms with Crippen molar-refractivity contribution in [1.82, 2.24) is 10.6 Å². The summed E-state index contributed by atoms with van der Waals surface area (Å²) >= 11 is 0. The molecule has 206 valence electrons. The van der Waals surface area contributed by atoms with Crippen LogP contribution in [-0.4, -0.2) is 133 Å². The van der Waals surface area contributed by atoms with E-state index in [4.69, 9.17) is 42.9 Å². The summed E-state index contributed by atoms with van der Waals surface area (Å²) in [7, 11) is 0. The molecule has 35 heavy (non-hydrogen) atoms. The molecule has 1 aliphatic carbocycles. The zero-order chi connectivity index (χ0) is 26.1. The van der Waals surface area contributed by atoms with Gasteiger partial charge in [-0.25, -0.2) is 0 Å². The van der Waals surface area contributed by atoms with E-state index in [1.165, 1.54) is 0 Å². The van der Waals surface area contributed by atoms with Crippen LogP contribution in [0.1, 0.15) is 12.8 Å². The smallest absolute Gasteiger partial charge is 0.249 e. The van der Waals surface area contributed by atoms with Crippen LogP contribution in [0, 0.1) is 0 Å². The number of carbonyl (C=O) groups is 1. The number of nitrogens with two attached hydrogens (primary N) is 5. The van der Waals surface area contributed by atoms with E-state index in [2.05, 4.69) is 10.6 Å². The molecule has 0 aromatic heterocycles. The Hall–Kier alpha value is -1.05. The van der Waals surface area contributed by atoms with Crippen molar-refractivity contribution < 1.29 is 39.4 Å². The molecule has 0 aromatic carbocycles. The van der Waals surface area contributed by atoms with Crippen molar-refractivity contribution in [3.63, 3.8) is 0 Å². The second kappa shape index (κ2) is 14.6. The van der Waals surface area contributed by atoms with Gasteiger partial charge in [-0.05, 0) is 19.4 Å². The minimum Gasteiger partial charge on any atom is -0.388 e. The van der Waals surface area contributed by atoms with Crippen LogP contribution in [0.25, 0.3) is 0 Å². The van der Waals surface area contributed by atoms with Crippen molar-refractivity contribution in [2.75, 3.05) is 39.3 Å². The Labute approximate surface area is 204 Å². The maximum absolute atomic E-state index is 12.4. The summed E-state index contributed by atoms with van der Waals surface area (Å²) in [6.45, 7) is 1.67. The molecule has 1 amide bonds. The monoisotopic (exact) mass is 509 g/mol. The molecule has 1 saturated carbocycles. The molecule has 1 aliphatic heterocycles. The van der Waals surface area contributed by atoms with Crippen molar-refractivity contribution in [3.8, 4) is 0 Å². The van der Waals surface area contributed by atoms with E-state index in [1.54, 1.807) is 0 Å². The van der Waals surface area contributed by atoms with Gasteiger partial charge in [0.15, 0.2) is 6.29 Å². The Kier molecular flexibility index (Phi) is 12.6. The lowest BCUT2D eigenvalue weighted by Gasteiger charge is -2.47. The summed E-state index contributed by atoms with van der Waals surface area (Å²) in [6, 6.07) is -2.66. The maximum Gasteiger partial charge on any atom is 0.249 e. The van der Waals surface area contributed by atoms with Crippen LogP contribution >= 0.6 is 0 Å². The molecule has 16 N–H and O–H groups in total. The molecule has 0 spiro atoms. The second-order valence-corrected chi connectivity index (χ2v) is 8.91. The van der Waals surface area contributed by atoms with Crippen LogP contribution in [0.4, 0.5) is 0 Å². The van der Waals surface area contributed by atoms with Gasteiger partial charge in [0.25, 0.3) is 0 Å². The first-order valence-electron chi connectivity index (χ1n) is 11.9. The zero-order valence-electron chi connectivity index (χ0n) is 19.8. The van der Waals surface area contributed by atoms with E-state index in [-0.39, 0.29) is 32.5 Å². The molecule has 2 fully saturated rings. The molecule has 2 rings (SSSR count). The van der Waals surface area contributed by atoms with Crippen LogP contribution in [0.3, 0.4) is 0 Å². The molecule has 4 unspecified atom stereocenters. The van der Waals surface area contributed by atoms with Crippen LogP contribution in [0.2, 0.25) is 0 Å². The fourth-order valence-corrected chi connectivity index (χ4v) is 4.26. The summed E-state index contributed by atoms with van der Waals surface area (Å²) < 4.78 is 17.4. The standard InChI is InChI=1S/C20H43N7O8/c21-2-1-11(28)19(32)27-10-7-9(24)17(16(31)18(10)33-6-5-26-4-3-22)35-20-13(25)15(30)14(29)12(8-23)34-20/h9-18,20,26,28-31H,1-8,21-25H2,(H,27,32)/t9?,10-,11+,12?,13?,14-,15-,16+,17-,18?,20-/m1/s1. The third-order valence-corrected chi connectivity index (χ3v) is 6.27. The first-order valence-corrected chi connectivity index (χ1v) is 11.9. The van der Waals surface area contributed by atoms with Gasteiger partial charge in [-0.2, -0.15) is 0 Å². The lowest BCUT2D eigenvalue weighted by molar-refractivity contribution is -0.289. The normalized spacial score (nSPS) is 38.8. The van der Waals surface area contributed by atoms with Crippen molar-refractivity contribution >= 4 is 5.91 Å². The molecular weight excluding hydrogens is 466 g/mol. The summed E-state index contributed by atoms with van der Waals surface area (Å²) in [4.78, 5) is 12.4. The van der Waals surface area contributed by atoms with Gasteiger partial charge < -0.3 is 73.9 Å². The molecule has 0 aromatic rings. The third kappa shape index (κ3) is 7.96. The van der Waals surface area contributed by atoms with Gasteiger partial charge in [0.05, 0.1) is 18.7 Å². The Bertz CT molecular complexity index is 636. The maximum atomic E-state index is 12.4. The number of aliphatic hydroxyl groups is 4. The average Bonchev–Trinajstić information content (AvgIpc) is 2.83. The molecule has 2 aliphatic rings. The molecule has 0 bridgehead atoms. The fraction of sp³-hybridized carbons (Fsp3) is 0.950. The topological polar surface area (TPSA) is 280 Å². The molecular formula is C20H43N7O8. The van der Waals surface area contributed by atoms with Crippen LogP contribution in [0.15, 0.2) is 0 Å². The SMILES string of the molecule is NCCNCCOC1[C@@H](O)[C@H](O[C@H]2OC(CN)[C@@H](O)[C@H](O)C2N)C(N)C[C@H]1NC(=O)[C@@H](O)CCN. The van der Waals surface area contributed by atoms with Gasteiger partial charge in [0.2, 0.25) is 5.91 Å². The number of hydrogen-bond acceptors (Lipinski definition) is 14. The third-order valence-electron chi connectivity index (χ3n) is 6.27. The Morgan fingerprint density at radius 1 is 1.03 bits per heavy atom. The summed E-state index contributed by atoms with van der Waals surface area (Å²) in [5.74, 6) is -0.658. The van der Waals surface area contributed by atoms with E-state index >= 15 is 0 Å². The van der Waals surface area contributed by atoms with E-state index in [0.717, 1.165) is 0 Å². The number of ether oxygens (including phenoxy) is 3. The Morgan fingerprint density at radius 2 is 1.74 bits per heavy atom. The highest BCUT2D eigenvalue weighted by Gasteiger charge is 2.49. The molecule has 15 nitrogen and oxygen atoms in total. The summed E-state index contributed by atoms with van der Waals surface area (Å²) in [5, 5.41) is 47.2. The van der Waals surface area contributed by atoms with E-state index in [9.17, 15) is 25.2 Å². The largest absolute Gasteiger partial charge is 0.388 e. The summed E-state index contributed by atoms with van der Waals surface area (Å²) in [5.41, 5.74) is 28.7. The molecule has 1 heterocycles. The Morgan fingerprint density at radius 3 is 2.37 bits per heavy atom. The van der Waals surface area contributed by atoms with E-state index in [1.807, 2.05) is 0 Å². The first-order chi connectivity index (χ1) is 16.7. The van der Waals surface area contributed by atoms with E-state index < -0.39 is 73.1 Å². The lowest BCUT2D eigenvalue weighted by Crippen LogP contribution is -2.68. The lowest BCUT2D eigenvalue weighted by atomic mass is 9.83. The predicted octanol–water partition coefficient (Wildman–Crippen LogP) is -6.68. The van der Waals surface area contributed by atoms with Crippen molar-refractivity contribution in [1.29, 1.82) is 0 Å². The highest BCUT2D eigenvalue weighted by Crippen LogP contribution is 2.29. The molecule has 1 saturated heterocycles. The minimum absolute atomic E-state index is 0.0703. The average molecular weight is 510 g/mol. The second-order valence-electron chi connectivity index (χ2n) is 8.91. The van der Waals surface area contributed by atoms with Crippen molar-refractivity contribution in [2.45, 2.75) is 80.0 Å². The molecule has 0 radical (unpaired) electrons. The van der Waals surface area contributed by atoms with Crippen LogP contribution < -0.4 is 39.3 Å². The minimum atomic E-state index is -1.36. The quantitative estimate of drug-likeness (QED) is 0.103. The van der Waals surface area contributed by atoms with Gasteiger partial charge in [0.1, 0.15) is 42.7 Å². The van der Waals surface area contributed by atoms with Gasteiger partial charge >= 0.3 is 0 Å². The number of hydrogen-bond donors (Lipinski definition) is 11. The van der Waals surface area contributed by atoms with E-state index in [0.29, 0.717) is 19.6 Å². The van der Waals surface area contributed by atoms with Crippen LogP contribution in [0.5, 0.6) is 0 Å². The highest BCUT2D eigenvalue weighted by molar-refractivity contribution is 5.80. The Balaban J connectivity index is 2.13. The summed E-state index contributed by atoms with van der Waals surface area (Å²) in [6.07, 6.45) is -9.23. The number of amides is 1. The highest BCUT2D eigenvalue weighted by atomic mass is 16.7. The van der Waals surface area contributed by atoms with Gasteiger partial charge in [0, 0.05) is 32.2 Å². The van der Waals surface area contributed by atoms with Crippen molar-refractivity contribution in [2.24, 2.45) is 28.7 Å². The zero-order valence-corrected chi connectivity index (χ0v) is 19.8. The number of aliphatic hydroxyl groups excluding tert-OH is 4. The fourth-order valence-electron chi connectivity index (χ4n) is 4.26. The number of nitrogens with one attached hydrogen (secondary N) is 2. The van der Waals surface area contributed by atoms with Gasteiger partial charge in [-0.15, -0.1) is 0 Å². The number of rotatable bonds is 13. The predicted molar refractivity (Wildman–Crippen MR) is 124 cm³/mol. The number of carbonyl (C=O) groups excluding carboxylic acids is 1. The first kappa shape index (κ1) is 30.2. The van der Waals surface area contributed by atoms with Crippen LogP contribution in [-0.2, 0) is 19.0 Å².